The molecule has 0 aliphatic rings. The second-order valence-corrected chi connectivity index (χ2v) is 6.52. The van der Waals surface area contributed by atoms with Crippen LogP contribution < -0.4 is 0 Å². The Morgan fingerprint density at radius 2 is 1.69 bits per heavy atom. The molecule has 0 aromatic heterocycles. The van der Waals surface area contributed by atoms with Crippen LogP contribution in [-0.4, -0.2) is 23.7 Å². The lowest BCUT2D eigenvalue weighted by molar-refractivity contribution is 0.0722. The maximum Gasteiger partial charge on any atom is 0.274 e. The monoisotopic (exact) mass is 308 g/mol. The van der Waals surface area contributed by atoms with Gasteiger partial charge in [-0.2, -0.15) is 8.42 Å². The molecule has 0 aliphatic heterocycles. The second kappa shape index (κ2) is 4.44. The Morgan fingerprint density at radius 1 is 1.25 bits per heavy atom. The second-order valence-electron chi connectivity index (χ2n) is 4.10. The van der Waals surface area contributed by atoms with Gasteiger partial charge in [0.05, 0.1) is 5.60 Å². The van der Waals surface area contributed by atoms with Crippen LogP contribution in [-0.2, 0) is 10.1 Å². The zero-order valence-corrected chi connectivity index (χ0v) is 11.3. The number of halogens is 1. The van der Waals surface area contributed by atoms with Crippen LogP contribution in [0.4, 0.5) is 0 Å². The van der Waals surface area contributed by atoms with Crippen molar-refractivity contribution in [2.24, 2.45) is 0 Å². The summed E-state index contributed by atoms with van der Waals surface area (Å²) in [5.41, 5.74) is -1.21. The molecule has 1 atom stereocenters. The fourth-order valence-electron chi connectivity index (χ4n) is 1.58. The standard InChI is InChI=1S/C10H13BrO4S/c1-10(2,12)9(16(13,14)15)7-3-5-8(11)6-4-7/h3-6,9,12H,1-2H3,(H,13,14,15). The van der Waals surface area contributed by atoms with Crippen molar-refractivity contribution in [3.8, 4) is 0 Å². The number of hydrogen-bond donors (Lipinski definition) is 2. The van der Waals surface area contributed by atoms with Crippen molar-refractivity contribution in [3.63, 3.8) is 0 Å². The molecule has 0 fully saturated rings. The van der Waals surface area contributed by atoms with Gasteiger partial charge in [0.1, 0.15) is 5.25 Å². The van der Waals surface area contributed by atoms with Gasteiger partial charge in [0, 0.05) is 4.47 Å². The third kappa shape index (κ3) is 3.28. The Labute approximate surface area is 103 Å². The highest BCUT2D eigenvalue weighted by Crippen LogP contribution is 2.33. The summed E-state index contributed by atoms with van der Waals surface area (Å²) in [4.78, 5) is 0. The molecule has 0 heterocycles. The largest absolute Gasteiger partial charge is 0.389 e. The highest BCUT2D eigenvalue weighted by Gasteiger charge is 2.38. The summed E-state index contributed by atoms with van der Waals surface area (Å²) in [6, 6.07) is 6.39. The van der Waals surface area contributed by atoms with E-state index >= 15 is 0 Å². The molecule has 1 aromatic rings. The molecule has 1 aromatic carbocycles. The van der Waals surface area contributed by atoms with Crippen molar-refractivity contribution in [1.29, 1.82) is 0 Å². The van der Waals surface area contributed by atoms with Crippen LogP contribution in [0.2, 0.25) is 0 Å². The van der Waals surface area contributed by atoms with Gasteiger partial charge in [0.2, 0.25) is 0 Å². The Balaban J connectivity index is 3.29. The van der Waals surface area contributed by atoms with E-state index in [0.29, 0.717) is 5.56 Å². The summed E-state index contributed by atoms with van der Waals surface area (Å²) in [5, 5.41) is 8.43. The minimum Gasteiger partial charge on any atom is -0.389 e. The van der Waals surface area contributed by atoms with E-state index in [1.165, 1.54) is 13.8 Å². The van der Waals surface area contributed by atoms with Crippen LogP contribution in [0, 0.1) is 0 Å². The van der Waals surface area contributed by atoms with E-state index in [1.807, 2.05) is 0 Å². The average molecular weight is 309 g/mol. The third-order valence-corrected chi connectivity index (χ3v) is 4.09. The molecule has 0 saturated carbocycles. The van der Waals surface area contributed by atoms with Crippen LogP contribution in [0.25, 0.3) is 0 Å². The molecule has 0 saturated heterocycles. The van der Waals surface area contributed by atoms with Gasteiger partial charge >= 0.3 is 0 Å². The SMILES string of the molecule is CC(C)(O)C(c1ccc(Br)cc1)S(=O)(=O)O. The predicted octanol–water partition coefficient (Wildman–Crippen LogP) is 2.15. The first-order valence-corrected chi connectivity index (χ1v) is 6.86. The lowest BCUT2D eigenvalue weighted by Gasteiger charge is -2.26. The fourth-order valence-corrected chi connectivity index (χ4v) is 3.08. The maximum absolute atomic E-state index is 11.2. The van der Waals surface area contributed by atoms with E-state index in [9.17, 15) is 13.5 Å². The summed E-state index contributed by atoms with van der Waals surface area (Å²) in [5.74, 6) is 0. The molecular formula is C10H13BrO4S. The average Bonchev–Trinajstić information content (AvgIpc) is 2.03. The fraction of sp³-hybridized carbons (Fsp3) is 0.400. The first-order valence-electron chi connectivity index (χ1n) is 4.56. The molecule has 0 amide bonds. The van der Waals surface area contributed by atoms with Gasteiger partial charge in [0.15, 0.2) is 0 Å². The van der Waals surface area contributed by atoms with E-state index in [0.717, 1.165) is 4.47 Å². The van der Waals surface area contributed by atoms with E-state index < -0.39 is 21.0 Å². The van der Waals surface area contributed by atoms with Crippen LogP contribution in [0.5, 0.6) is 0 Å². The van der Waals surface area contributed by atoms with E-state index in [1.54, 1.807) is 24.3 Å². The van der Waals surface area contributed by atoms with Crippen molar-refractivity contribution < 1.29 is 18.1 Å². The molecule has 16 heavy (non-hydrogen) atoms. The van der Waals surface area contributed by atoms with E-state index in [4.69, 9.17) is 4.55 Å². The molecular weight excluding hydrogens is 296 g/mol. The van der Waals surface area contributed by atoms with Crippen LogP contribution in [0.3, 0.4) is 0 Å². The van der Waals surface area contributed by atoms with Crippen LogP contribution in [0.15, 0.2) is 28.7 Å². The highest BCUT2D eigenvalue weighted by atomic mass is 79.9. The highest BCUT2D eigenvalue weighted by molar-refractivity contribution is 9.10. The van der Waals surface area contributed by atoms with E-state index in [2.05, 4.69) is 15.9 Å². The van der Waals surface area contributed by atoms with Gasteiger partial charge in [0.25, 0.3) is 10.1 Å². The van der Waals surface area contributed by atoms with Crippen molar-refractivity contribution in [3.05, 3.63) is 34.3 Å². The summed E-state index contributed by atoms with van der Waals surface area (Å²) in [7, 11) is -4.35. The Bertz CT molecular complexity index is 459. The molecule has 4 nitrogen and oxygen atoms in total. The molecule has 2 N–H and O–H groups in total. The lowest BCUT2D eigenvalue weighted by atomic mass is 9.98. The molecule has 0 bridgehead atoms. The van der Waals surface area contributed by atoms with Crippen LogP contribution in [0.1, 0.15) is 24.7 Å². The molecule has 90 valence electrons. The van der Waals surface area contributed by atoms with Gasteiger partial charge in [-0.3, -0.25) is 4.55 Å². The smallest absolute Gasteiger partial charge is 0.274 e. The summed E-state index contributed by atoms with van der Waals surface area (Å²) in [6.45, 7) is 2.68. The van der Waals surface area contributed by atoms with Gasteiger partial charge in [-0.05, 0) is 31.5 Å². The minimum atomic E-state index is -4.35. The first kappa shape index (κ1) is 13.6. The first-order chi connectivity index (χ1) is 7.12. The summed E-state index contributed by atoms with van der Waals surface area (Å²) >= 11 is 3.22. The van der Waals surface area contributed by atoms with Crippen molar-refractivity contribution in [1.82, 2.24) is 0 Å². The number of benzene rings is 1. The Hall–Kier alpha value is -0.430. The van der Waals surface area contributed by atoms with Crippen molar-refractivity contribution >= 4 is 26.0 Å². The van der Waals surface area contributed by atoms with E-state index in [-0.39, 0.29) is 0 Å². The molecule has 1 unspecified atom stereocenters. The summed E-state index contributed by atoms with van der Waals surface area (Å²) < 4.78 is 32.4. The third-order valence-electron chi connectivity index (χ3n) is 2.11. The lowest BCUT2D eigenvalue weighted by Crippen LogP contribution is -2.34. The van der Waals surface area contributed by atoms with Gasteiger partial charge < -0.3 is 5.11 Å². The Morgan fingerprint density at radius 3 is 2.00 bits per heavy atom. The molecule has 0 radical (unpaired) electrons. The number of hydrogen-bond acceptors (Lipinski definition) is 3. The number of aliphatic hydroxyl groups is 1. The number of rotatable bonds is 3. The molecule has 0 aliphatic carbocycles. The molecule has 0 spiro atoms. The maximum atomic E-state index is 11.2. The van der Waals surface area contributed by atoms with Gasteiger partial charge in [-0.1, -0.05) is 28.1 Å². The van der Waals surface area contributed by atoms with Crippen molar-refractivity contribution in [2.75, 3.05) is 0 Å². The summed E-state index contributed by atoms with van der Waals surface area (Å²) in [6.07, 6.45) is 0. The Kier molecular flexibility index (Phi) is 3.79. The minimum absolute atomic E-state index is 0.346. The normalized spacial score (nSPS) is 14.8. The topological polar surface area (TPSA) is 74.6 Å². The van der Waals surface area contributed by atoms with Gasteiger partial charge in [-0.15, -0.1) is 0 Å². The van der Waals surface area contributed by atoms with Crippen molar-refractivity contribution in [2.45, 2.75) is 24.7 Å². The molecule has 6 heteroatoms. The van der Waals surface area contributed by atoms with Crippen LogP contribution >= 0.6 is 15.9 Å². The molecule has 1 rings (SSSR count). The zero-order valence-electron chi connectivity index (χ0n) is 8.88. The quantitative estimate of drug-likeness (QED) is 0.839. The van der Waals surface area contributed by atoms with Gasteiger partial charge in [-0.25, -0.2) is 0 Å². The predicted molar refractivity (Wildman–Crippen MR) is 64.7 cm³/mol. The zero-order chi connectivity index (χ0) is 12.6.